The number of likely N-dealkylation sites (tertiary alicyclic amines) is 1. The second-order valence-corrected chi connectivity index (χ2v) is 12.3. The molecule has 0 bridgehead atoms. The number of nitrogens with zero attached hydrogens (tertiary/aromatic N) is 3. The molecule has 3 aromatic rings. The number of piperidine rings is 1. The predicted molar refractivity (Wildman–Crippen MR) is 158 cm³/mol. The molecule has 0 radical (unpaired) electrons. The maximum atomic E-state index is 13.5. The van der Waals surface area contributed by atoms with Crippen molar-refractivity contribution in [3.05, 3.63) is 59.8 Å². The van der Waals surface area contributed by atoms with Crippen LogP contribution in [0.2, 0.25) is 0 Å². The van der Waals surface area contributed by atoms with Gasteiger partial charge in [-0.15, -0.1) is 0 Å². The Labute approximate surface area is 242 Å². The highest BCUT2D eigenvalue weighted by molar-refractivity contribution is 8.01. The van der Waals surface area contributed by atoms with Crippen LogP contribution in [0.3, 0.4) is 0 Å². The van der Waals surface area contributed by atoms with E-state index in [1.54, 1.807) is 43.3 Å². The van der Waals surface area contributed by atoms with Crippen molar-refractivity contribution < 1.29 is 23.9 Å². The summed E-state index contributed by atoms with van der Waals surface area (Å²) in [7, 11) is 5.43. The van der Waals surface area contributed by atoms with Gasteiger partial charge in [0, 0.05) is 43.3 Å². The van der Waals surface area contributed by atoms with Crippen LogP contribution in [-0.2, 0) is 9.53 Å². The lowest BCUT2D eigenvalue weighted by Crippen LogP contribution is -2.45. The topological polar surface area (TPSA) is 101 Å². The molecule has 9 nitrogen and oxygen atoms in total. The fourth-order valence-corrected chi connectivity index (χ4v) is 6.25. The lowest BCUT2D eigenvalue weighted by molar-refractivity contribution is -0.156. The Morgan fingerprint density at radius 3 is 2.45 bits per heavy atom. The summed E-state index contributed by atoms with van der Waals surface area (Å²) in [6.45, 7) is 4.97. The number of aromatic nitrogens is 1. The first kappa shape index (κ1) is 29.4. The summed E-state index contributed by atoms with van der Waals surface area (Å²) in [6.07, 6.45) is 2.79. The van der Waals surface area contributed by atoms with E-state index < -0.39 is 5.41 Å². The number of hydrogen-bond acceptors (Lipinski definition) is 9. The van der Waals surface area contributed by atoms with Crippen molar-refractivity contribution in [3.8, 4) is 5.75 Å². The molecule has 40 heavy (non-hydrogen) atoms. The Hall–Kier alpha value is -3.57. The van der Waals surface area contributed by atoms with Crippen molar-refractivity contribution in [1.29, 1.82) is 0 Å². The molecule has 0 atom stereocenters. The summed E-state index contributed by atoms with van der Waals surface area (Å²) < 4.78 is 11.6. The zero-order valence-electron chi connectivity index (χ0n) is 23.4. The van der Waals surface area contributed by atoms with Crippen LogP contribution in [-0.4, -0.2) is 68.6 Å². The van der Waals surface area contributed by atoms with Crippen LogP contribution >= 0.6 is 23.1 Å². The van der Waals surface area contributed by atoms with Crippen LogP contribution in [0.4, 0.5) is 10.8 Å². The third kappa shape index (κ3) is 6.76. The minimum absolute atomic E-state index is 0.136. The number of carbonyl (C=O) groups is 3. The number of anilines is 2. The maximum absolute atomic E-state index is 13.5. The molecule has 1 aliphatic heterocycles. The number of esters is 1. The van der Waals surface area contributed by atoms with Gasteiger partial charge in [-0.05, 0) is 69.2 Å². The highest BCUT2D eigenvalue weighted by Gasteiger charge is 2.39. The van der Waals surface area contributed by atoms with Gasteiger partial charge in [0.1, 0.15) is 5.75 Å². The van der Waals surface area contributed by atoms with Gasteiger partial charge in [0.25, 0.3) is 11.8 Å². The maximum Gasteiger partial charge on any atom is 0.311 e. The van der Waals surface area contributed by atoms with Crippen molar-refractivity contribution in [2.75, 3.05) is 51.1 Å². The van der Waals surface area contributed by atoms with Crippen LogP contribution in [0, 0.1) is 5.41 Å². The van der Waals surface area contributed by atoms with Gasteiger partial charge in [0.15, 0.2) is 5.13 Å². The van der Waals surface area contributed by atoms with Crippen molar-refractivity contribution >= 4 is 51.7 Å². The quantitative estimate of drug-likeness (QED) is 0.334. The molecule has 0 unspecified atom stereocenters. The van der Waals surface area contributed by atoms with Gasteiger partial charge in [0.05, 0.1) is 35.1 Å². The van der Waals surface area contributed by atoms with Gasteiger partial charge < -0.3 is 19.3 Å². The number of nitrogens with one attached hydrogen (secondary N) is 1. The van der Waals surface area contributed by atoms with Crippen LogP contribution in [0.1, 0.15) is 47.4 Å². The average Bonchev–Trinajstić information content (AvgIpc) is 3.39. The molecular weight excluding hydrogens is 548 g/mol. The second kappa shape index (κ2) is 12.7. The molecule has 0 spiro atoms. The summed E-state index contributed by atoms with van der Waals surface area (Å²) in [5.74, 6) is -0.0806. The molecule has 212 valence electrons. The molecule has 1 saturated heterocycles. The molecule has 0 saturated carbocycles. The van der Waals surface area contributed by atoms with Crippen molar-refractivity contribution in [1.82, 2.24) is 9.88 Å². The SMILES string of the molecule is CCOC(=O)C1(C)CCN(C(=O)c2cc(Sc3cnc(NC(=O)c4ccc(N(C)C)cc4)s3)ccc2OC)CC1. The molecule has 1 N–H and O–H groups in total. The molecule has 1 aromatic heterocycles. The molecule has 4 rings (SSSR count). The fraction of sp³-hybridized carbons (Fsp3) is 0.379. The summed E-state index contributed by atoms with van der Waals surface area (Å²) in [5, 5.41) is 3.35. The molecule has 2 heterocycles. The molecule has 1 fully saturated rings. The third-order valence-corrected chi connectivity index (χ3v) is 8.90. The van der Waals surface area contributed by atoms with Crippen molar-refractivity contribution in [3.63, 3.8) is 0 Å². The summed E-state index contributed by atoms with van der Waals surface area (Å²) in [5.41, 5.74) is 1.45. The Kier molecular flexibility index (Phi) is 9.36. The number of methoxy groups -OCH3 is 1. The highest BCUT2D eigenvalue weighted by Crippen LogP contribution is 2.38. The normalized spacial score (nSPS) is 14.4. The monoisotopic (exact) mass is 582 g/mol. The van der Waals surface area contributed by atoms with E-state index in [-0.39, 0.29) is 17.8 Å². The first-order valence-electron chi connectivity index (χ1n) is 13.0. The third-order valence-electron chi connectivity index (χ3n) is 6.89. The van der Waals surface area contributed by atoms with Gasteiger partial charge in [-0.2, -0.15) is 0 Å². The molecular formula is C29H34N4O5S2. The molecule has 11 heteroatoms. The highest BCUT2D eigenvalue weighted by atomic mass is 32.2. The molecule has 2 aromatic carbocycles. The number of amides is 2. The van der Waals surface area contributed by atoms with E-state index in [0.717, 1.165) is 14.8 Å². The van der Waals surface area contributed by atoms with E-state index in [9.17, 15) is 14.4 Å². The van der Waals surface area contributed by atoms with Gasteiger partial charge in [0.2, 0.25) is 0 Å². The first-order chi connectivity index (χ1) is 19.1. The zero-order valence-corrected chi connectivity index (χ0v) is 25.0. The standard InChI is InChI=1S/C29H34N4O5S2/c1-6-38-27(36)29(2)13-15-33(16-14-29)26(35)22-17-21(11-12-23(22)37-5)39-24-18-30-28(40-24)31-25(34)19-7-9-20(10-8-19)32(3)4/h7-12,17-18H,6,13-16H2,1-5H3,(H,30,31,34). The van der Waals surface area contributed by atoms with Crippen LogP contribution in [0.5, 0.6) is 5.75 Å². The number of carbonyl (C=O) groups excluding carboxylic acids is 3. The van der Waals surface area contributed by atoms with Crippen molar-refractivity contribution in [2.45, 2.75) is 35.8 Å². The van der Waals surface area contributed by atoms with Crippen molar-refractivity contribution in [2.24, 2.45) is 5.41 Å². The summed E-state index contributed by atoms with van der Waals surface area (Å²) >= 11 is 2.81. The average molecular weight is 583 g/mol. The van der Waals surface area contributed by atoms with Gasteiger partial charge >= 0.3 is 5.97 Å². The van der Waals surface area contributed by atoms with E-state index in [1.807, 2.05) is 50.2 Å². The van der Waals surface area contributed by atoms with Crippen LogP contribution in [0.25, 0.3) is 0 Å². The fourth-order valence-electron chi connectivity index (χ4n) is 4.36. The smallest absolute Gasteiger partial charge is 0.311 e. The Balaban J connectivity index is 1.41. The molecule has 2 amide bonds. The van der Waals surface area contributed by atoms with E-state index in [4.69, 9.17) is 9.47 Å². The number of hydrogen-bond donors (Lipinski definition) is 1. The Morgan fingerprint density at radius 2 is 1.82 bits per heavy atom. The van der Waals surface area contributed by atoms with Gasteiger partial charge in [-0.25, -0.2) is 4.98 Å². The largest absolute Gasteiger partial charge is 0.496 e. The molecule has 0 aliphatic carbocycles. The lowest BCUT2D eigenvalue weighted by Gasteiger charge is -2.37. The Morgan fingerprint density at radius 1 is 1.12 bits per heavy atom. The molecule has 1 aliphatic rings. The van der Waals surface area contributed by atoms with E-state index >= 15 is 0 Å². The zero-order chi connectivity index (χ0) is 28.9. The number of ether oxygens (including phenoxy) is 2. The van der Waals surface area contributed by atoms with Gasteiger partial charge in [-0.3, -0.25) is 19.7 Å². The minimum atomic E-state index is -0.580. The number of benzene rings is 2. The van der Waals surface area contributed by atoms with Crippen LogP contribution < -0.4 is 15.0 Å². The van der Waals surface area contributed by atoms with E-state index in [2.05, 4.69) is 10.3 Å². The predicted octanol–water partition coefficient (Wildman–Crippen LogP) is 5.43. The number of thiazole rings is 1. The summed E-state index contributed by atoms with van der Waals surface area (Å²) in [6, 6.07) is 12.8. The number of rotatable bonds is 9. The van der Waals surface area contributed by atoms with Crippen LogP contribution in [0.15, 0.2) is 57.8 Å². The second-order valence-electron chi connectivity index (χ2n) is 9.92. The van der Waals surface area contributed by atoms with E-state index in [0.29, 0.717) is 54.5 Å². The van der Waals surface area contributed by atoms with Gasteiger partial charge in [-0.1, -0.05) is 23.1 Å². The summed E-state index contributed by atoms with van der Waals surface area (Å²) in [4.78, 5) is 47.4. The first-order valence-corrected chi connectivity index (χ1v) is 14.6. The minimum Gasteiger partial charge on any atom is -0.496 e. The Bertz CT molecular complexity index is 1360. The van der Waals surface area contributed by atoms with E-state index in [1.165, 1.54) is 23.1 Å². The lowest BCUT2D eigenvalue weighted by atomic mass is 9.80.